The van der Waals surface area contributed by atoms with Gasteiger partial charge in [0.05, 0.1) is 18.3 Å². The van der Waals surface area contributed by atoms with E-state index in [0.29, 0.717) is 17.5 Å². The van der Waals surface area contributed by atoms with E-state index in [2.05, 4.69) is 25.8 Å². The number of esters is 2. The third-order valence-electron chi connectivity index (χ3n) is 11.2. The van der Waals surface area contributed by atoms with Gasteiger partial charge in [0.25, 0.3) is 0 Å². The van der Waals surface area contributed by atoms with Crippen LogP contribution in [0.2, 0.25) is 0 Å². The second-order valence-electron chi connectivity index (χ2n) is 13.9. The monoisotopic (exact) mass is 615 g/mol. The Hall–Kier alpha value is -3.98. The van der Waals surface area contributed by atoms with E-state index in [4.69, 9.17) is 18.6 Å². The molecule has 1 N–H and O–H groups in total. The molecule has 3 aromatic rings. The zero-order valence-corrected chi connectivity index (χ0v) is 26.7. The lowest BCUT2D eigenvalue weighted by molar-refractivity contribution is -0.257. The van der Waals surface area contributed by atoms with Crippen LogP contribution in [0.15, 0.2) is 64.1 Å². The summed E-state index contributed by atoms with van der Waals surface area (Å²) >= 11 is 0. The number of aryl methyl sites for hydroxylation is 1. The molecule has 3 heterocycles. The highest BCUT2D eigenvalue weighted by Crippen LogP contribution is 2.68. The van der Waals surface area contributed by atoms with E-state index in [1.165, 1.54) is 6.92 Å². The van der Waals surface area contributed by atoms with E-state index < -0.39 is 46.2 Å². The molecule has 2 aromatic heterocycles. The van der Waals surface area contributed by atoms with Crippen molar-refractivity contribution < 1.29 is 33.3 Å². The van der Waals surface area contributed by atoms with Gasteiger partial charge in [0.1, 0.15) is 28.8 Å². The number of nitrogens with zero attached hydrogens (tertiary/aromatic N) is 1. The van der Waals surface area contributed by atoms with Crippen molar-refractivity contribution in [2.45, 2.75) is 78.6 Å². The topological polar surface area (TPSA) is 125 Å². The molecule has 8 atom stereocenters. The number of aliphatic hydroxyl groups is 1. The molecular formula is C36H41NO8. The minimum absolute atomic E-state index is 0.0519. The van der Waals surface area contributed by atoms with Crippen LogP contribution in [-0.2, 0) is 14.3 Å². The Morgan fingerprint density at radius 2 is 1.91 bits per heavy atom. The summed E-state index contributed by atoms with van der Waals surface area (Å²) in [6, 6.07) is 12.3. The van der Waals surface area contributed by atoms with Crippen LogP contribution in [0.5, 0.6) is 5.75 Å². The molecule has 9 nitrogen and oxygen atoms in total. The van der Waals surface area contributed by atoms with Gasteiger partial charge < -0.3 is 23.7 Å². The fourth-order valence-electron chi connectivity index (χ4n) is 8.67. The van der Waals surface area contributed by atoms with Crippen LogP contribution in [0.1, 0.15) is 81.5 Å². The summed E-state index contributed by atoms with van der Waals surface area (Å²) in [5, 5.41) is 12.2. The molecule has 1 aliphatic heterocycles. The number of aliphatic hydroxyl groups excluding tert-OH is 1. The summed E-state index contributed by atoms with van der Waals surface area (Å²) in [5.74, 6) is -1.03. The Labute approximate surface area is 262 Å². The summed E-state index contributed by atoms with van der Waals surface area (Å²) in [5.41, 5.74) is -0.991. The van der Waals surface area contributed by atoms with Crippen molar-refractivity contribution in [3.63, 3.8) is 0 Å². The van der Waals surface area contributed by atoms with Crippen LogP contribution in [0.4, 0.5) is 0 Å². The van der Waals surface area contributed by atoms with Crippen LogP contribution in [0.25, 0.3) is 11.3 Å². The van der Waals surface area contributed by atoms with Gasteiger partial charge in [0, 0.05) is 42.3 Å². The van der Waals surface area contributed by atoms with Crippen molar-refractivity contribution >= 4 is 11.9 Å². The summed E-state index contributed by atoms with van der Waals surface area (Å²) < 4.78 is 24.6. The van der Waals surface area contributed by atoms with Gasteiger partial charge in [0.2, 0.25) is 0 Å². The third-order valence-corrected chi connectivity index (χ3v) is 11.2. The number of aromatic nitrogens is 1. The van der Waals surface area contributed by atoms with Crippen LogP contribution < -0.4 is 10.4 Å². The predicted molar refractivity (Wildman–Crippen MR) is 165 cm³/mol. The van der Waals surface area contributed by atoms with E-state index in [1.807, 2.05) is 26.0 Å². The smallest absolute Gasteiger partial charge is 0.345 e. The lowest BCUT2D eigenvalue weighted by atomic mass is 9.41. The van der Waals surface area contributed by atoms with Gasteiger partial charge >= 0.3 is 17.6 Å². The molecule has 0 spiro atoms. The average Bonchev–Trinajstić information content (AvgIpc) is 2.99. The number of hydrogen-bond acceptors (Lipinski definition) is 9. The van der Waals surface area contributed by atoms with Crippen LogP contribution in [0, 0.1) is 35.5 Å². The van der Waals surface area contributed by atoms with E-state index in [9.17, 15) is 19.5 Å². The van der Waals surface area contributed by atoms with Gasteiger partial charge in [-0.1, -0.05) is 38.5 Å². The average molecular weight is 616 g/mol. The second-order valence-corrected chi connectivity index (χ2v) is 13.9. The second kappa shape index (κ2) is 11.1. The maximum Gasteiger partial charge on any atom is 0.345 e. The van der Waals surface area contributed by atoms with Gasteiger partial charge in [-0.15, -0.1) is 0 Å². The maximum atomic E-state index is 13.7. The highest BCUT2D eigenvalue weighted by Gasteiger charge is 2.70. The molecule has 0 radical (unpaired) electrons. The Kier molecular flexibility index (Phi) is 7.67. The SMILES string of the molecule is CC(=O)OC[C@@]1(C)C2C[C@H](OC(=O)c3cccc(C)c3)[C@@]3(C)Oc4cc(-c5cccnc5)oc(=O)c4[C@H](O)C3[C@@]2(C)CC[C@@H]1C. The highest BCUT2D eigenvalue weighted by molar-refractivity contribution is 5.89. The first-order valence-corrected chi connectivity index (χ1v) is 15.6. The molecule has 0 amide bonds. The van der Waals surface area contributed by atoms with Crippen LogP contribution in [0.3, 0.4) is 0 Å². The summed E-state index contributed by atoms with van der Waals surface area (Å²) in [6.07, 6.45) is 3.12. The molecular weight excluding hydrogens is 574 g/mol. The number of carbonyl (C=O) groups excluding carboxylic acids is 2. The minimum Gasteiger partial charge on any atom is -0.482 e. The predicted octanol–water partition coefficient (Wildman–Crippen LogP) is 6.06. The van der Waals surface area contributed by atoms with Gasteiger partial charge in [-0.2, -0.15) is 0 Å². The van der Waals surface area contributed by atoms with Crippen LogP contribution in [-0.4, -0.2) is 40.3 Å². The molecule has 238 valence electrons. The molecule has 9 heteroatoms. The molecule has 2 aliphatic carbocycles. The number of pyridine rings is 1. The summed E-state index contributed by atoms with van der Waals surface area (Å²) in [7, 11) is 0. The first-order valence-electron chi connectivity index (χ1n) is 15.6. The number of rotatable bonds is 5. The molecule has 0 bridgehead atoms. The number of ether oxygens (including phenoxy) is 3. The zero-order valence-electron chi connectivity index (χ0n) is 26.7. The molecule has 2 unspecified atom stereocenters. The van der Waals surface area contributed by atoms with E-state index >= 15 is 0 Å². The Bertz CT molecular complexity index is 1690. The molecule has 2 fully saturated rings. The molecule has 45 heavy (non-hydrogen) atoms. The zero-order chi connectivity index (χ0) is 32.3. The number of fused-ring (bicyclic) bond motifs is 4. The fraction of sp³-hybridized carbons (Fsp3) is 0.500. The van der Waals surface area contributed by atoms with E-state index in [1.54, 1.807) is 42.7 Å². The Balaban J connectivity index is 1.50. The Morgan fingerprint density at radius 3 is 2.60 bits per heavy atom. The van der Waals surface area contributed by atoms with Crippen molar-refractivity contribution in [2.75, 3.05) is 6.61 Å². The molecule has 6 rings (SSSR count). The maximum absolute atomic E-state index is 13.7. The van der Waals surface area contributed by atoms with Gasteiger partial charge in [-0.05, 0) is 74.6 Å². The third kappa shape index (κ3) is 5.05. The van der Waals surface area contributed by atoms with Gasteiger partial charge in [-0.25, -0.2) is 9.59 Å². The largest absolute Gasteiger partial charge is 0.482 e. The minimum atomic E-state index is -1.27. The lowest BCUT2D eigenvalue weighted by Gasteiger charge is -2.66. The summed E-state index contributed by atoms with van der Waals surface area (Å²) in [6.45, 7) is 11.8. The first-order chi connectivity index (χ1) is 21.3. The molecule has 3 aliphatic rings. The van der Waals surface area contributed by atoms with E-state index in [-0.39, 0.29) is 41.5 Å². The lowest BCUT2D eigenvalue weighted by Crippen LogP contribution is -2.70. The molecule has 2 saturated carbocycles. The molecule has 0 saturated heterocycles. The van der Waals surface area contributed by atoms with Crippen molar-refractivity contribution in [1.82, 2.24) is 4.98 Å². The number of benzene rings is 1. The number of hydrogen-bond donors (Lipinski definition) is 1. The van der Waals surface area contributed by atoms with Crippen LogP contribution >= 0.6 is 0 Å². The summed E-state index contributed by atoms with van der Waals surface area (Å²) in [4.78, 5) is 43.4. The van der Waals surface area contributed by atoms with Crippen molar-refractivity contribution in [3.8, 4) is 17.1 Å². The Morgan fingerprint density at radius 1 is 1.13 bits per heavy atom. The first kappa shape index (κ1) is 31.0. The molecule has 1 aromatic carbocycles. The van der Waals surface area contributed by atoms with Gasteiger partial charge in [-0.3, -0.25) is 9.78 Å². The highest BCUT2D eigenvalue weighted by atomic mass is 16.6. The van der Waals surface area contributed by atoms with Gasteiger partial charge in [0.15, 0.2) is 0 Å². The van der Waals surface area contributed by atoms with Crippen molar-refractivity contribution in [1.29, 1.82) is 0 Å². The fourth-order valence-corrected chi connectivity index (χ4v) is 8.67. The quantitative estimate of drug-likeness (QED) is 0.341. The standard InChI is InChI=1S/C36H41NO8/c1-20-9-7-10-23(15-20)32(40)44-28-17-27-34(4,13-12-21(2)35(27,5)19-42-22(3)38)31-30(39)29-26(45-36(28,31)6)16-25(43-33(29)41)24-11-8-14-37-18-24/h7-11,14-16,18,21,27-28,30-31,39H,12-13,17,19H2,1-6H3/t21-,27?,28-,30-,31?,34-,35+,36+/m0/s1. The number of carbonyl (C=O) groups is 2. The normalized spacial score (nSPS) is 33.5. The van der Waals surface area contributed by atoms with Crippen molar-refractivity contribution in [2.24, 2.45) is 28.6 Å². The van der Waals surface area contributed by atoms with Crippen molar-refractivity contribution in [3.05, 3.63) is 82.0 Å². The van der Waals surface area contributed by atoms with E-state index in [0.717, 1.165) is 18.4 Å².